The molecule has 0 aliphatic carbocycles. The molecule has 2 aromatic carbocycles. The smallest absolute Gasteiger partial charge is 0.260 e. The van der Waals surface area contributed by atoms with Gasteiger partial charge in [0.05, 0.1) is 17.7 Å². The number of halogens is 2. The van der Waals surface area contributed by atoms with E-state index in [9.17, 15) is 9.18 Å². The number of benzene rings is 2. The molecule has 5 heteroatoms. The number of hydrogen-bond acceptors (Lipinski definition) is 2. The van der Waals surface area contributed by atoms with Crippen LogP contribution in [0, 0.1) is 5.82 Å². The second kappa shape index (κ2) is 5.71. The molecule has 0 radical (unpaired) electrons. The molecule has 1 N–H and O–H groups in total. The third-order valence-corrected chi connectivity index (χ3v) is 2.85. The van der Waals surface area contributed by atoms with E-state index >= 15 is 0 Å². The fraction of sp³-hybridized carbons (Fsp3) is 0.0714. The Kier molecular flexibility index (Phi) is 4.02. The lowest BCUT2D eigenvalue weighted by Gasteiger charge is -2.08. The van der Waals surface area contributed by atoms with Crippen molar-refractivity contribution in [2.45, 2.75) is 0 Å². The Hall–Kier alpha value is -2.07. The summed E-state index contributed by atoms with van der Waals surface area (Å²) in [5.41, 5.74) is 0.366. The highest BCUT2D eigenvalue weighted by Crippen LogP contribution is 2.21. The molecule has 3 nitrogen and oxygen atoms in total. The van der Waals surface area contributed by atoms with Crippen LogP contribution in [0.15, 0.2) is 42.5 Å². The third kappa shape index (κ3) is 3.03. The highest BCUT2D eigenvalue weighted by Gasteiger charge is 2.15. The van der Waals surface area contributed by atoms with Crippen LogP contribution in [0.4, 0.5) is 10.1 Å². The first-order chi connectivity index (χ1) is 9.11. The molecule has 0 unspecified atom stereocenters. The molecule has 0 aromatic heterocycles. The van der Waals surface area contributed by atoms with E-state index in [1.54, 1.807) is 31.4 Å². The predicted molar refractivity (Wildman–Crippen MR) is 72.4 cm³/mol. The van der Waals surface area contributed by atoms with Crippen LogP contribution in [0.3, 0.4) is 0 Å². The van der Waals surface area contributed by atoms with Gasteiger partial charge in [0.15, 0.2) is 0 Å². The Morgan fingerprint density at radius 1 is 1.21 bits per heavy atom. The van der Waals surface area contributed by atoms with E-state index in [2.05, 4.69) is 5.32 Å². The van der Waals surface area contributed by atoms with Crippen molar-refractivity contribution in [1.29, 1.82) is 0 Å². The predicted octanol–water partition coefficient (Wildman–Crippen LogP) is 3.74. The molecule has 0 bridgehead atoms. The minimum atomic E-state index is -0.654. The quantitative estimate of drug-likeness (QED) is 0.929. The lowest BCUT2D eigenvalue weighted by atomic mass is 10.2. The number of rotatable bonds is 3. The molecule has 2 aromatic rings. The van der Waals surface area contributed by atoms with Crippen LogP contribution in [0.2, 0.25) is 5.02 Å². The third-order valence-electron chi connectivity index (χ3n) is 2.54. The van der Waals surface area contributed by atoms with Crippen LogP contribution in [-0.4, -0.2) is 13.0 Å². The fourth-order valence-electron chi connectivity index (χ4n) is 1.58. The van der Waals surface area contributed by atoms with Crippen LogP contribution in [0.1, 0.15) is 10.4 Å². The van der Waals surface area contributed by atoms with E-state index in [1.807, 2.05) is 0 Å². The first kappa shape index (κ1) is 13.4. The molecular weight excluding hydrogens is 269 g/mol. The first-order valence-electron chi connectivity index (χ1n) is 5.51. The van der Waals surface area contributed by atoms with Crippen LogP contribution < -0.4 is 10.1 Å². The molecule has 0 aliphatic rings. The number of anilines is 1. The second-order valence-corrected chi connectivity index (χ2v) is 4.19. The summed E-state index contributed by atoms with van der Waals surface area (Å²) in [4.78, 5) is 11.9. The van der Waals surface area contributed by atoms with Gasteiger partial charge in [-0.1, -0.05) is 17.7 Å². The van der Waals surface area contributed by atoms with Gasteiger partial charge in [-0.25, -0.2) is 4.39 Å². The zero-order valence-electron chi connectivity index (χ0n) is 10.1. The van der Waals surface area contributed by atoms with Crippen molar-refractivity contribution >= 4 is 23.2 Å². The van der Waals surface area contributed by atoms with Gasteiger partial charge < -0.3 is 10.1 Å². The Morgan fingerprint density at radius 3 is 2.47 bits per heavy atom. The second-order valence-electron chi connectivity index (χ2n) is 3.78. The number of carbonyl (C=O) groups is 1. The van der Waals surface area contributed by atoms with Crippen LogP contribution in [0.5, 0.6) is 5.75 Å². The number of amides is 1. The summed E-state index contributed by atoms with van der Waals surface area (Å²) in [7, 11) is 1.55. The van der Waals surface area contributed by atoms with Crippen LogP contribution in [-0.2, 0) is 0 Å². The number of methoxy groups -OCH3 is 1. The molecule has 1 amide bonds. The Balaban J connectivity index is 2.21. The molecule has 0 atom stereocenters. The molecule has 0 fully saturated rings. The maximum Gasteiger partial charge on any atom is 0.260 e. The van der Waals surface area contributed by atoms with Crippen molar-refractivity contribution in [3.8, 4) is 5.75 Å². The van der Waals surface area contributed by atoms with Gasteiger partial charge in [0, 0.05) is 5.69 Å². The summed E-state index contributed by atoms with van der Waals surface area (Å²) in [5, 5.41) is 2.65. The summed E-state index contributed by atoms with van der Waals surface area (Å²) < 4.78 is 18.6. The topological polar surface area (TPSA) is 38.3 Å². The summed E-state index contributed by atoms with van der Waals surface area (Å²) in [5.74, 6) is -0.575. The maximum atomic E-state index is 13.6. The van der Waals surface area contributed by atoms with Crippen molar-refractivity contribution in [1.82, 2.24) is 0 Å². The largest absolute Gasteiger partial charge is 0.497 e. The van der Waals surface area contributed by atoms with Gasteiger partial charge in [-0.2, -0.15) is 0 Å². The standard InChI is InChI=1S/C14H11ClFNO2/c1-19-10-7-5-9(6-8-10)17-14(18)13-11(15)3-2-4-12(13)16/h2-8H,1H3,(H,17,18). The summed E-state index contributed by atoms with van der Waals surface area (Å²) >= 11 is 5.82. The molecule has 98 valence electrons. The van der Waals surface area contributed by atoms with Gasteiger partial charge >= 0.3 is 0 Å². The number of nitrogens with one attached hydrogen (secondary N) is 1. The molecule has 0 saturated carbocycles. The van der Waals surface area contributed by atoms with Gasteiger partial charge in [-0.05, 0) is 36.4 Å². The Bertz CT molecular complexity index is 579. The molecule has 2 rings (SSSR count). The zero-order valence-corrected chi connectivity index (χ0v) is 10.9. The summed E-state index contributed by atoms with van der Waals surface area (Å²) in [6.45, 7) is 0. The van der Waals surface area contributed by atoms with E-state index in [-0.39, 0.29) is 10.6 Å². The van der Waals surface area contributed by atoms with Gasteiger partial charge in [-0.3, -0.25) is 4.79 Å². The van der Waals surface area contributed by atoms with E-state index in [1.165, 1.54) is 18.2 Å². The Morgan fingerprint density at radius 2 is 1.89 bits per heavy atom. The van der Waals surface area contributed by atoms with Crippen molar-refractivity contribution in [2.75, 3.05) is 12.4 Å². The molecule has 0 heterocycles. The monoisotopic (exact) mass is 279 g/mol. The van der Waals surface area contributed by atoms with Gasteiger partial charge in [0.25, 0.3) is 5.91 Å². The van der Waals surface area contributed by atoms with Crippen molar-refractivity contribution in [2.24, 2.45) is 0 Å². The van der Waals surface area contributed by atoms with E-state index in [0.29, 0.717) is 11.4 Å². The summed E-state index contributed by atoms with van der Waals surface area (Å²) in [6, 6.07) is 10.8. The average molecular weight is 280 g/mol. The van der Waals surface area contributed by atoms with Gasteiger partial charge in [0.2, 0.25) is 0 Å². The highest BCUT2D eigenvalue weighted by atomic mass is 35.5. The molecule has 19 heavy (non-hydrogen) atoms. The minimum Gasteiger partial charge on any atom is -0.497 e. The van der Waals surface area contributed by atoms with E-state index < -0.39 is 11.7 Å². The van der Waals surface area contributed by atoms with Crippen LogP contribution >= 0.6 is 11.6 Å². The molecular formula is C14H11ClFNO2. The van der Waals surface area contributed by atoms with Crippen molar-refractivity contribution < 1.29 is 13.9 Å². The number of hydrogen-bond donors (Lipinski definition) is 1. The van der Waals surface area contributed by atoms with Crippen molar-refractivity contribution in [3.63, 3.8) is 0 Å². The van der Waals surface area contributed by atoms with Crippen LogP contribution in [0.25, 0.3) is 0 Å². The number of carbonyl (C=O) groups excluding carboxylic acids is 1. The maximum absolute atomic E-state index is 13.6. The fourth-order valence-corrected chi connectivity index (χ4v) is 1.83. The highest BCUT2D eigenvalue weighted by molar-refractivity contribution is 6.34. The van der Waals surface area contributed by atoms with E-state index in [0.717, 1.165) is 0 Å². The van der Waals surface area contributed by atoms with E-state index in [4.69, 9.17) is 16.3 Å². The SMILES string of the molecule is COc1ccc(NC(=O)c2c(F)cccc2Cl)cc1. The number of ether oxygens (including phenoxy) is 1. The lowest BCUT2D eigenvalue weighted by molar-refractivity contribution is 0.102. The van der Waals surface area contributed by atoms with Gasteiger partial charge in [0.1, 0.15) is 11.6 Å². The molecule has 0 aliphatic heterocycles. The summed E-state index contributed by atoms with van der Waals surface area (Å²) in [6.07, 6.45) is 0. The molecule has 0 saturated heterocycles. The average Bonchev–Trinajstić information content (AvgIpc) is 2.39. The lowest BCUT2D eigenvalue weighted by Crippen LogP contribution is -2.14. The Labute approximate surface area is 115 Å². The van der Waals surface area contributed by atoms with Crippen molar-refractivity contribution in [3.05, 3.63) is 58.9 Å². The normalized spacial score (nSPS) is 10.1. The minimum absolute atomic E-state index is 0.0750. The first-order valence-corrected chi connectivity index (χ1v) is 5.89. The zero-order chi connectivity index (χ0) is 13.8. The molecule has 0 spiro atoms. The van der Waals surface area contributed by atoms with Gasteiger partial charge in [-0.15, -0.1) is 0 Å².